The van der Waals surface area contributed by atoms with Gasteiger partial charge in [-0.1, -0.05) is 56.3 Å². The van der Waals surface area contributed by atoms with Crippen molar-refractivity contribution in [2.75, 3.05) is 31.9 Å². The molecule has 7 heteroatoms. The Hall–Kier alpha value is -1.86. The standard InChI is InChI=1S/C23H33N5OS/c1-18(2)20-9-7-19(8-10-20)16-26-12-14-27(15-13-26)22(29)17-30-23-25-24-21-6-4-3-5-11-28(21)23/h7-10,18H,3-6,11-17H2,1-2H3/p+1. The normalized spacial score (nSPS) is 17.8. The first-order valence-corrected chi connectivity index (χ1v) is 12.3. The number of nitrogens with one attached hydrogen (secondary N) is 1. The molecule has 0 aliphatic carbocycles. The van der Waals surface area contributed by atoms with Gasteiger partial charge in [-0.25, -0.2) is 0 Å². The Morgan fingerprint density at radius 3 is 2.57 bits per heavy atom. The molecule has 0 atom stereocenters. The summed E-state index contributed by atoms with van der Waals surface area (Å²) in [6, 6.07) is 9.03. The Kier molecular flexibility index (Phi) is 7.10. The molecule has 2 aromatic rings. The van der Waals surface area contributed by atoms with E-state index in [1.54, 1.807) is 16.7 Å². The minimum absolute atomic E-state index is 0.228. The molecule has 0 spiro atoms. The zero-order valence-electron chi connectivity index (χ0n) is 18.3. The van der Waals surface area contributed by atoms with Crippen LogP contribution in [-0.4, -0.2) is 57.5 Å². The summed E-state index contributed by atoms with van der Waals surface area (Å²) in [4.78, 5) is 16.3. The van der Waals surface area contributed by atoms with Gasteiger partial charge in [0.2, 0.25) is 5.91 Å². The van der Waals surface area contributed by atoms with Crippen LogP contribution < -0.4 is 4.90 Å². The molecular weight excluding hydrogens is 394 g/mol. The number of hydrogen-bond donors (Lipinski definition) is 1. The number of benzene rings is 1. The number of rotatable bonds is 6. The summed E-state index contributed by atoms with van der Waals surface area (Å²) in [6.07, 6.45) is 4.63. The third-order valence-electron chi connectivity index (χ3n) is 6.32. The number of amides is 1. The van der Waals surface area contributed by atoms with E-state index in [2.05, 4.69) is 52.9 Å². The van der Waals surface area contributed by atoms with Gasteiger partial charge in [0.15, 0.2) is 5.16 Å². The number of fused-ring (bicyclic) bond motifs is 1. The number of carbonyl (C=O) groups is 1. The van der Waals surface area contributed by atoms with Gasteiger partial charge in [0, 0.05) is 18.5 Å². The second-order valence-corrected chi connectivity index (χ2v) is 9.80. The Morgan fingerprint density at radius 2 is 1.83 bits per heavy atom. The van der Waals surface area contributed by atoms with E-state index in [1.807, 2.05) is 4.90 Å². The Balaban J connectivity index is 1.23. The topological polar surface area (TPSA) is 55.5 Å². The molecule has 3 heterocycles. The van der Waals surface area contributed by atoms with Crippen molar-refractivity contribution in [1.82, 2.24) is 19.7 Å². The van der Waals surface area contributed by atoms with Crippen LogP contribution in [0.5, 0.6) is 0 Å². The maximum Gasteiger partial charge on any atom is 0.233 e. The fraction of sp³-hybridized carbons (Fsp3) is 0.609. The molecule has 2 aliphatic rings. The van der Waals surface area contributed by atoms with Gasteiger partial charge in [-0.15, -0.1) is 10.2 Å². The van der Waals surface area contributed by atoms with Crippen LogP contribution >= 0.6 is 11.8 Å². The molecule has 0 bridgehead atoms. The van der Waals surface area contributed by atoms with Crippen LogP contribution in [0.1, 0.15) is 56.0 Å². The minimum atomic E-state index is 0.228. The SMILES string of the molecule is CC(C)c1ccc(C[NH+]2CCN(C(=O)CSc3nnc4n3CCCCC4)CC2)cc1. The lowest BCUT2D eigenvalue weighted by molar-refractivity contribution is -0.917. The largest absolute Gasteiger partial charge is 0.331 e. The Labute approximate surface area is 184 Å². The van der Waals surface area contributed by atoms with E-state index in [0.29, 0.717) is 11.7 Å². The number of nitrogens with zero attached hydrogens (tertiary/aromatic N) is 4. The second kappa shape index (κ2) is 9.96. The van der Waals surface area contributed by atoms with Gasteiger partial charge in [0.25, 0.3) is 0 Å². The molecule has 30 heavy (non-hydrogen) atoms. The molecule has 1 aromatic heterocycles. The smallest absolute Gasteiger partial charge is 0.233 e. The zero-order chi connectivity index (χ0) is 20.9. The maximum absolute atomic E-state index is 12.7. The first kappa shape index (κ1) is 21.4. The number of aryl methyl sites for hydroxylation is 1. The molecule has 1 aromatic carbocycles. The molecule has 0 radical (unpaired) electrons. The van der Waals surface area contributed by atoms with Crippen LogP contribution in [0.25, 0.3) is 0 Å². The number of aromatic nitrogens is 3. The van der Waals surface area contributed by atoms with Gasteiger partial charge < -0.3 is 14.4 Å². The highest BCUT2D eigenvalue weighted by Gasteiger charge is 2.24. The zero-order valence-corrected chi connectivity index (χ0v) is 19.1. The highest BCUT2D eigenvalue weighted by molar-refractivity contribution is 7.99. The van der Waals surface area contributed by atoms with Gasteiger partial charge in [0.1, 0.15) is 12.4 Å². The van der Waals surface area contributed by atoms with Crippen molar-refractivity contribution in [3.8, 4) is 0 Å². The monoisotopic (exact) mass is 428 g/mol. The molecule has 0 saturated carbocycles. The van der Waals surface area contributed by atoms with Crippen LogP contribution in [0, 0.1) is 0 Å². The lowest BCUT2D eigenvalue weighted by Crippen LogP contribution is -3.13. The summed E-state index contributed by atoms with van der Waals surface area (Å²) >= 11 is 1.55. The van der Waals surface area contributed by atoms with E-state index in [0.717, 1.165) is 56.7 Å². The fourth-order valence-electron chi connectivity index (χ4n) is 4.34. The second-order valence-electron chi connectivity index (χ2n) is 8.85. The van der Waals surface area contributed by atoms with E-state index < -0.39 is 0 Å². The summed E-state index contributed by atoms with van der Waals surface area (Å²) in [5, 5.41) is 9.58. The molecule has 162 valence electrons. The highest BCUT2D eigenvalue weighted by atomic mass is 32.2. The Morgan fingerprint density at radius 1 is 1.07 bits per heavy atom. The fourth-order valence-corrected chi connectivity index (χ4v) is 5.23. The summed E-state index contributed by atoms with van der Waals surface area (Å²) < 4.78 is 2.22. The van der Waals surface area contributed by atoms with E-state index in [9.17, 15) is 4.79 Å². The molecule has 4 rings (SSSR count). The maximum atomic E-state index is 12.7. The third kappa shape index (κ3) is 5.24. The predicted molar refractivity (Wildman–Crippen MR) is 120 cm³/mol. The molecule has 2 aliphatic heterocycles. The number of thioether (sulfide) groups is 1. The van der Waals surface area contributed by atoms with Crippen LogP contribution in [-0.2, 0) is 24.3 Å². The minimum Gasteiger partial charge on any atom is -0.331 e. The molecule has 1 saturated heterocycles. The van der Waals surface area contributed by atoms with Gasteiger partial charge in [-0.3, -0.25) is 4.79 Å². The van der Waals surface area contributed by atoms with Crippen molar-refractivity contribution in [2.45, 2.75) is 63.7 Å². The summed E-state index contributed by atoms with van der Waals surface area (Å²) in [5.74, 6) is 2.35. The van der Waals surface area contributed by atoms with Crippen molar-refractivity contribution >= 4 is 17.7 Å². The third-order valence-corrected chi connectivity index (χ3v) is 7.28. The molecule has 1 amide bonds. The summed E-state index contributed by atoms with van der Waals surface area (Å²) in [5.41, 5.74) is 2.78. The molecule has 6 nitrogen and oxygen atoms in total. The van der Waals surface area contributed by atoms with Crippen molar-refractivity contribution in [3.63, 3.8) is 0 Å². The van der Waals surface area contributed by atoms with E-state index >= 15 is 0 Å². The van der Waals surface area contributed by atoms with E-state index in [4.69, 9.17) is 0 Å². The first-order chi connectivity index (χ1) is 14.6. The van der Waals surface area contributed by atoms with Crippen LogP contribution in [0.2, 0.25) is 0 Å². The lowest BCUT2D eigenvalue weighted by atomic mass is 10.0. The number of carbonyl (C=O) groups excluding carboxylic acids is 1. The van der Waals surface area contributed by atoms with Gasteiger partial charge in [0.05, 0.1) is 31.9 Å². The summed E-state index contributed by atoms with van der Waals surface area (Å²) in [6.45, 7) is 10.2. The van der Waals surface area contributed by atoms with E-state index in [-0.39, 0.29) is 5.91 Å². The van der Waals surface area contributed by atoms with Gasteiger partial charge in [-0.2, -0.15) is 0 Å². The first-order valence-electron chi connectivity index (χ1n) is 11.3. The van der Waals surface area contributed by atoms with Crippen LogP contribution in [0.15, 0.2) is 29.4 Å². The molecular formula is C23H34N5OS+. The van der Waals surface area contributed by atoms with Crippen molar-refractivity contribution in [1.29, 1.82) is 0 Å². The van der Waals surface area contributed by atoms with Gasteiger partial charge >= 0.3 is 0 Å². The molecule has 1 N–H and O–H groups in total. The average Bonchev–Trinajstić information content (AvgIpc) is 2.99. The predicted octanol–water partition coefficient (Wildman–Crippen LogP) is 2.15. The van der Waals surface area contributed by atoms with Crippen LogP contribution in [0.4, 0.5) is 0 Å². The van der Waals surface area contributed by atoms with Crippen molar-refractivity contribution in [2.24, 2.45) is 0 Å². The molecule has 0 unspecified atom stereocenters. The Bertz CT molecular complexity index is 840. The highest BCUT2D eigenvalue weighted by Crippen LogP contribution is 2.22. The summed E-state index contributed by atoms with van der Waals surface area (Å²) in [7, 11) is 0. The van der Waals surface area contributed by atoms with Crippen molar-refractivity contribution in [3.05, 3.63) is 41.2 Å². The number of hydrogen-bond acceptors (Lipinski definition) is 4. The molecule has 1 fully saturated rings. The number of quaternary nitrogens is 1. The van der Waals surface area contributed by atoms with E-state index in [1.165, 1.54) is 30.4 Å². The lowest BCUT2D eigenvalue weighted by Gasteiger charge is -2.32. The number of piperazine rings is 1. The average molecular weight is 429 g/mol. The van der Waals surface area contributed by atoms with Gasteiger partial charge in [-0.05, 0) is 24.3 Å². The van der Waals surface area contributed by atoms with Crippen LogP contribution in [0.3, 0.4) is 0 Å². The van der Waals surface area contributed by atoms with Crippen molar-refractivity contribution < 1.29 is 9.69 Å². The quantitative estimate of drug-likeness (QED) is 0.717.